The predicted molar refractivity (Wildman–Crippen MR) is 88.3 cm³/mol. The molecule has 0 nitrogen and oxygen atoms in total. The van der Waals surface area contributed by atoms with Gasteiger partial charge in [-0.15, -0.1) is 24.8 Å². The normalized spacial score (nSPS) is 21.8. The molecule has 2 rings (SSSR count). The Morgan fingerprint density at radius 3 is 2.05 bits per heavy atom. The first-order valence-corrected chi connectivity index (χ1v) is 10.6. The summed E-state index contributed by atoms with van der Waals surface area (Å²) in [4.78, 5) is 0. The summed E-state index contributed by atoms with van der Waals surface area (Å²) in [5, 5.41) is 0. The summed E-state index contributed by atoms with van der Waals surface area (Å²) in [5.41, 5.74) is 6.16. The van der Waals surface area contributed by atoms with Crippen LogP contribution >= 0.6 is 24.8 Å². The second kappa shape index (κ2) is 7.34. The summed E-state index contributed by atoms with van der Waals surface area (Å²) >= 11 is -1.78. The zero-order chi connectivity index (χ0) is 12.7. The van der Waals surface area contributed by atoms with E-state index in [9.17, 15) is 0 Å². The first-order valence-electron chi connectivity index (χ1n) is 6.38. The molecule has 0 aromatic carbocycles. The Hall–Kier alpha value is 0.293. The Kier molecular flexibility index (Phi) is 7.46. The second-order valence-electron chi connectivity index (χ2n) is 5.41. The van der Waals surface area contributed by atoms with Gasteiger partial charge in [0.1, 0.15) is 0 Å². The molecule has 3 heteroatoms. The Morgan fingerprint density at radius 1 is 1.11 bits per heavy atom. The van der Waals surface area contributed by atoms with E-state index in [1.54, 1.807) is 17.7 Å². The van der Waals surface area contributed by atoms with Crippen molar-refractivity contribution in [1.82, 2.24) is 0 Å². The predicted octanol–water partition coefficient (Wildman–Crippen LogP) is 5.37. The van der Waals surface area contributed by atoms with E-state index in [1.165, 1.54) is 17.6 Å². The van der Waals surface area contributed by atoms with Crippen LogP contribution in [-0.2, 0) is 21.3 Å². The van der Waals surface area contributed by atoms with Crippen LogP contribution in [0.1, 0.15) is 41.0 Å². The molecule has 2 aliphatic carbocycles. The molecule has 2 aliphatic rings. The number of rotatable bonds is 2. The van der Waals surface area contributed by atoms with Gasteiger partial charge in [0.05, 0.1) is 0 Å². The van der Waals surface area contributed by atoms with E-state index in [2.05, 4.69) is 51.0 Å². The minimum absolute atomic E-state index is 0. The molecule has 106 valence electrons. The molecule has 0 spiro atoms. The van der Waals surface area contributed by atoms with Gasteiger partial charge < -0.3 is 0 Å². The fourth-order valence-electron chi connectivity index (χ4n) is 2.92. The Labute approximate surface area is 137 Å². The van der Waals surface area contributed by atoms with Crippen LogP contribution in [0, 0.1) is 5.92 Å². The van der Waals surface area contributed by atoms with Gasteiger partial charge in [0.2, 0.25) is 0 Å². The molecular weight excluding hydrogens is 354 g/mol. The Morgan fingerprint density at radius 2 is 1.68 bits per heavy atom. The first-order chi connectivity index (χ1) is 7.93. The fraction of sp³-hybridized carbons (Fsp3) is 0.438. The molecule has 0 amide bonds. The third kappa shape index (κ3) is 3.49. The first kappa shape index (κ1) is 19.3. The number of allylic oxidation sites excluding steroid dienone is 8. The molecule has 1 unspecified atom stereocenters. The molecule has 0 saturated carbocycles. The minimum atomic E-state index is -1.78. The van der Waals surface area contributed by atoms with Gasteiger partial charge in [-0.1, -0.05) is 0 Å². The van der Waals surface area contributed by atoms with E-state index in [0.717, 1.165) is 0 Å². The SMILES string of the molecule is Cl.Cl.[CH2]=[Zr]([C]1=C(C)C(C)=C(C)C1)[C]1=C(C)C=CC1C. The van der Waals surface area contributed by atoms with E-state index in [-0.39, 0.29) is 24.8 Å². The van der Waals surface area contributed by atoms with E-state index >= 15 is 0 Å². The van der Waals surface area contributed by atoms with Crippen LogP contribution in [0.2, 0.25) is 0 Å². The third-order valence-electron chi connectivity index (χ3n) is 4.30. The van der Waals surface area contributed by atoms with Crippen molar-refractivity contribution < 1.29 is 21.3 Å². The number of halogens is 2. The summed E-state index contributed by atoms with van der Waals surface area (Å²) in [6.07, 6.45) is 5.84. The zero-order valence-electron chi connectivity index (χ0n) is 12.5. The monoisotopic (exact) mass is 376 g/mol. The van der Waals surface area contributed by atoms with Gasteiger partial charge in [-0.2, -0.15) is 0 Å². The van der Waals surface area contributed by atoms with Crippen molar-refractivity contribution in [3.05, 3.63) is 41.0 Å². The van der Waals surface area contributed by atoms with Gasteiger partial charge in [-0.3, -0.25) is 0 Å². The van der Waals surface area contributed by atoms with Gasteiger partial charge in [-0.25, -0.2) is 0 Å². The molecule has 0 bridgehead atoms. The molecule has 19 heavy (non-hydrogen) atoms. The van der Waals surface area contributed by atoms with Crippen molar-refractivity contribution in [2.24, 2.45) is 5.92 Å². The Balaban J connectivity index is 0.00000162. The van der Waals surface area contributed by atoms with Gasteiger partial charge >= 0.3 is 113 Å². The van der Waals surface area contributed by atoms with Gasteiger partial charge in [0, 0.05) is 0 Å². The third-order valence-corrected chi connectivity index (χ3v) is 11.1. The van der Waals surface area contributed by atoms with Crippen molar-refractivity contribution in [3.63, 3.8) is 0 Å². The van der Waals surface area contributed by atoms with Gasteiger partial charge in [-0.05, 0) is 0 Å². The quantitative estimate of drug-likeness (QED) is 0.606. The molecule has 0 radical (unpaired) electrons. The Bertz CT molecular complexity index is 519. The molecule has 0 heterocycles. The molecule has 0 fully saturated rings. The molecular formula is C16H24Cl2Zr. The van der Waals surface area contributed by atoms with Crippen LogP contribution in [0.25, 0.3) is 0 Å². The summed E-state index contributed by atoms with van der Waals surface area (Å²) in [5.74, 6) is 0.642. The summed E-state index contributed by atoms with van der Waals surface area (Å²) < 4.78 is 8.08. The van der Waals surface area contributed by atoms with E-state index in [0.29, 0.717) is 5.92 Å². The number of hydrogen-bond donors (Lipinski definition) is 0. The molecule has 0 aromatic rings. The van der Waals surface area contributed by atoms with Crippen LogP contribution in [-0.4, -0.2) is 4.21 Å². The van der Waals surface area contributed by atoms with E-state index in [4.69, 9.17) is 0 Å². The average Bonchev–Trinajstić information content (AvgIpc) is 2.73. The van der Waals surface area contributed by atoms with Crippen molar-refractivity contribution in [1.29, 1.82) is 0 Å². The van der Waals surface area contributed by atoms with Gasteiger partial charge in [0.25, 0.3) is 0 Å². The maximum absolute atomic E-state index is 4.64. The van der Waals surface area contributed by atoms with Crippen molar-refractivity contribution in [2.45, 2.75) is 41.0 Å². The zero-order valence-corrected chi connectivity index (χ0v) is 16.6. The second-order valence-corrected chi connectivity index (χ2v) is 10.6. The molecule has 0 saturated heterocycles. The molecule has 0 N–H and O–H groups in total. The van der Waals surface area contributed by atoms with Crippen molar-refractivity contribution in [2.75, 3.05) is 0 Å². The standard InChI is InChI=1S/C8H11.C7H9.CH2.2ClH.Zr/c1-6-4-5-7(2)8(6)3;1-6-3-4-7(2)5-6;;;;/h4H2,1-3H3;3-4,6H,1-2H3;1H2;2*1H;. The maximum atomic E-state index is 4.64. The molecule has 1 atom stereocenters. The van der Waals surface area contributed by atoms with Crippen molar-refractivity contribution in [3.8, 4) is 0 Å². The average molecular weight is 378 g/mol. The fourth-order valence-corrected chi connectivity index (χ4v) is 9.43. The van der Waals surface area contributed by atoms with Gasteiger partial charge in [0.15, 0.2) is 0 Å². The summed E-state index contributed by atoms with van der Waals surface area (Å²) in [6, 6.07) is 0. The molecule has 0 aliphatic heterocycles. The topological polar surface area (TPSA) is 0 Å². The van der Waals surface area contributed by atoms with Crippen LogP contribution < -0.4 is 0 Å². The van der Waals surface area contributed by atoms with Crippen LogP contribution in [0.5, 0.6) is 0 Å². The van der Waals surface area contributed by atoms with Crippen LogP contribution in [0.4, 0.5) is 0 Å². The molecule has 0 aromatic heterocycles. The number of hydrogen-bond acceptors (Lipinski definition) is 0. The van der Waals surface area contributed by atoms with Crippen LogP contribution in [0.3, 0.4) is 0 Å². The summed E-state index contributed by atoms with van der Waals surface area (Å²) in [6.45, 7) is 11.4. The van der Waals surface area contributed by atoms with E-state index < -0.39 is 21.3 Å². The van der Waals surface area contributed by atoms with Crippen molar-refractivity contribution >= 4 is 29.0 Å². The van der Waals surface area contributed by atoms with Crippen LogP contribution in [0.15, 0.2) is 41.0 Å². The summed E-state index contributed by atoms with van der Waals surface area (Å²) in [7, 11) is 0. The van der Waals surface area contributed by atoms with E-state index in [1.807, 2.05) is 0 Å².